The van der Waals surface area contributed by atoms with Gasteiger partial charge in [-0.05, 0) is 24.3 Å². The third-order valence-electron chi connectivity index (χ3n) is 4.15. The fourth-order valence-electron chi connectivity index (χ4n) is 2.59. The van der Waals surface area contributed by atoms with E-state index in [2.05, 4.69) is 0 Å². The Morgan fingerprint density at radius 2 is 2.03 bits per heavy atom. The fraction of sp³-hybridized carbons (Fsp3) is 0.158. The van der Waals surface area contributed by atoms with E-state index in [9.17, 15) is 43.6 Å². The Labute approximate surface area is 183 Å². The summed E-state index contributed by atoms with van der Waals surface area (Å²) in [5.41, 5.74) is -3.08. The second-order valence-electron chi connectivity index (χ2n) is 6.09. The predicted molar refractivity (Wildman–Crippen MR) is 104 cm³/mol. The molecule has 2 aromatic rings. The van der Waals surface area contributed by atoms with Gasteiger partial charge in [0.25, 0.3) is 5.91 Å². The molecule has 0 saturated carbocycles. The molecule has 0 heterocycles. The number of nitro groups is 1. The van der Waals surface area contributed by atoms with E-state index in [1.165, 1.54) is 6.07 Å². The molecule has 32 heavy (non-hydrogen) atoms. The van der Waals surface area contributed by atoms with Crippen LogP contribution in [0.25, 0.3) is 5.76 Å². The summed E-state index contributed by atoms with van der Waals surface area (Å²) in [4.78, 5) is 22.5. The van der Waals surface area contributed by atoms with Gasteiger partial charge in [0.1, 0.15) is 17.6 Å². The Morgan fingerprint density at radius 1 is 1.38 bits per heavy atom. The summed E-state index contributed by atoms with van der Waals surface area (Å²) in [6.45, 7) is -4.51. The summed E-state index contributed by atoms with van der Waals surface area (Å²) < 4.78 is 45.8. The molecule has 0 aliphatic rings. The molecule has 0 atom stereocenters. The monoisotopic (exact) mass is 471 g/mol. The first-order valence-electron chi connectivity index (χ1n) is 8.43. The number of halogens is 4. The molecule has 2 aromatic carbocycles. The highest BCUT2D eigenvalue weighted by atomic mass is 35.5. The van der Waals surface area contributed by atoms with Crippen LogP contribution in [0.1, 0.15) is 11.1 Å². The van der Waals surface area contributed by atoms with Crippen molar-refractivity contribution < 1.29 is 37.8 Å². The zero-order valence-electron chi connectivity index (χ0n) is 16.1. The van der Waals surface area contributed by atoms with Crippen molar-refractivity contribution in [2.45, 2.75) is 13.1 Å². The minimum absolute atomic E-state index is 0.00505. The van der Waals surface area contributed by atoms with Crippen LogP contribution in [0.2, 0.25) is 5.02 Å². The first-order chi connectivity index (χ1) is 15.0. The normalized spacial score (nSPS) is 11.5. The second kappa shape index (κ2) is 9.88. The molecular formula is C19H13ClF3N3O6. The van der Waals surface area contributed by atoms with Crippen molar-refractivity contribution in [1.82, 2.24) is 4.90 Å². The average Bonchev–Trinajstić information content (AvgIpc) is 2.74. The van der Waals surface area contributed by atoms with E-state index in [1.54, 1.807) is 0 Å². The van der Waals surface area contributed by atoms with Gasteiger partial charge < -0.3 is 14.9 Å². The van der Waals surface area contributed by atoms with Crippen molar-refractivity contribution in [3.63, 3.8) is 0 Å². The lowest BCUT2D eigenvalue weighted by molar-refractivity contribution is -0.386. The summed E-state index contributed by atoms with van der Waals surface area (Å²) in [5.74, 6) is -5.22. The van der Waals surface area contributed by atoms with Crippen molar-refractivity contribution >= 4 is 29.0 Å². The molecule has 0 unspecified atom stereocenters. The lowest BCUT2D eigenvalue weighted by atomic mass is 10.1. The number of amides is 1. The van der Waals surface area contributed by atoms with Gasteiger partial charge in [-0.15, -0.1) is 0 Å². The Hall–Kier alpha value is -3.98. The van der Waals surface area contributed by atoms with Crippen molar-refractivity contribution in [3.05, 3.63) is 68.0 Å². The van der Waals surface area contributed by atoms with Crippen LogP contribution in [0.15, 0.2) is 35.9 Å². The standard InChI is InChI=1S/C19H13ClF3N3O6/c1-32-15-6-9(5-14(17(15)28)26(30)31)16(27)12(7-24)18(29)25(19(22)23)8-10-4-11(20)2-3-13(10)21/h2-6,19,27-28H,8H2,1H3/b16-12-. The van der Waals surface area contributed by atoms with Crippen LogP contribution in [-0.4, -0.2) is 39.6 Å². The number of methoxy groups -OCH3 is 1. The van der Waals surface area contributed by atoms with E-state index in [0.29, 0.717) is 6.07 Å². The number of aliphatic hydroxyl groups is 1. The van der Waals surface area contributed by atoms with Gasteiger partial charge in [0.2, 0.25) is 5.75 Å². The second-order valence-corrected chi connectivity index (χ2v) is 6.52. The Morgan fingerprint density at radius 3 is 2.56 bits per heavy atom. The number of aromatic hydroxyl groups is 1. The van der Waals surface area contributed by atoms with Gasteiger partial charge in [0, 0.05) is 22.2 Å². The first-order valence-corrected chi connectivity index (χ1v) is 8.81. The maximum Gasteiger partial charge on any atom is 0.318 e. The largest absolute Gasteiger partial charge is 0.506 e. The number of nitrogens with zero attached hydrogens (tertiary/aromatic N) is 3. The molecule has 0 spiro atoms. The topological polar surface area (TPSA) is 137 Å². The number of benzene rings is 2. The number of carbonyl (C=O) groups is 1. The van der Waals surface area contributed by atoms with Gasteiger partial charge in [0.15, 0.2) is 11.3 Å². The number of alkyl halides is 2. The molecule has 0 aliphatic heterocycles. The van der Waals surface area contributed by atoms with Crippen molar-refractivity contribution in [2.24, 2.45) is 0 Å². The van der Waals surface area contributed by atoms with Crippen LogP contribution in [0.4, 0.5) is 18.9 Å². The molecule has 0 radical (unpaired) electrons. The van der Waals surface area contributed by atoms with Gasteiger partial charge in [-0.2, -0.15) is 14.0 Å². The van der Waals surface area contributed by atoms with Gasteiger partial charge in [0.05, 0.1) is 18.6 Å². The fourth-order valence-corrected chi connectivity index (χ4v) is 2.79. The van der Waals surface area contributed by atoms with Crippen molar-refractivity contribution in [3.8, 4) is 17.6 Å². The van der Waals surface area contributed by atoms with Gasteiger partial charge in [-0.25, -0.2) is 4.39 Å². The Kier molecular flexibility index (Phi) is 7.50. The minimum Gasteiger partial charge on any atom is -0.506 e. The molecule has 0 aromatic heterocycles. The third-order valence-corrected chi connectivity index (χ3v) is 4.39. The minimum atomic E-state index is -3.51. The number of aliphatic hydroxyl groups excluding tert-OH is 1. The molecule has 0 fully saturated rings. The molecule has 9 nitrogen and oxygen atoms in total. The van der Waals surface area contributed by atoms with Crippen LogP contribution < -0.4 is 4.74 Å². The lowest BCUT2D eigenvalue weighted by Crippen LogP contribution is -2.36. The van der Waals surface area contributed by atoms with Crippen molar-refractivity contribution in [2.75, 3.05) is 7.11 Å². The average molecular weight is 472 g/mol. The van der Waals surface area contributed by atoms with Crippen LogP contribution in [0.5, 0.6) is 11.5 Å². The number of phenols is 1. The lowest BCUT2D eigenvalue weighted by Gasteiger charge is -2.22. The van der Waals surface area contributed by atoms with E-state index in [1.807, 2.05) is 0 Å². The van der Waals surface area contributed by atoms with Gasteiger partial charge in [-0.1, -0.05) is 11.6 Å². The molecule has 168 valence electrons. The van der Waals surface area contributed by atoms with E-state index >= 15 is 0 Å². The van der Waals surface area contributed by atoms with Crippen LogP contribution in [0.3, 0.4) is 0 Å². The summed E-state index contributed by atoms with van der Waals surface area (Å²) >= 11 is 5.71. The molecule has 1 amide bonds. The van der Waals surface area contributed by atoms with Crippen molar-refractivity contribution in [1.29, 1.82) is 5.26 Å². The summed E-state index contributed by atoms with van der Waals surface area (Å²) in [7, 11) is 1.04. The number of nitriles is 1. The maximum absolute atomic E-state index is 13.9. The van der Waals surface area contributed by atoms with E-state index in [4.69, 9.17) is 16.3 Å². The van der Waals surface area contributed by atoms with E-state index < -0.39 is 63.8 Å². The smallest absolute Gasteiger partial charge is 0.318 e. The number of phenolic OH excluding ortho intramolecular Hbond substituents is 1. The summed E-state index contributed by atoms with van der Waals surface area (Å²) in [6, 6.07) is 5.78. The molecule has 0 bridgehead atoms. The Bertz CT molecular complexity index is 1150. The molecule has 0 aliphatic carbocycles. The first kappa shape index (κ1) is 24.3. The number of hydrogen-bond acceptors (Lipinski definition) is 7. The molecule has 2 N–H and O–H groups in total. The zero-order chi connectivity index (χ0) is 24.2. The maximum atomic E-state index is 13.9. The van der Waals surface area contributed by atoms with Crippen LogP contribution in [-0.2, 0) is 11.3 Å². The summed E-state index contributed by atoms with van der Waals surface area (Å²) in [5, 5.41) is 40.6. The SMILES string of the molecule is COc1cc(/C(O)=C(\C#N)C(=O)N(Cc2cc(Cl)ccc2F)C(F)F)cc([N+](=O)[O-])c1O. The number of rotatable bonds is 7. The Balaban J connectivity index is 2.58. The zero-order valence-corrected chi connectivity index (χ0v) is 16.8. The third kappa shape index (κ3) is 5.01. The predicted octanol–water partition coefficient (Wildman–Crippen LogP) is 4.15. The quantitative estimate of drug-likeness (QED) is 0.154. The summed E-state index contributed by atoms with van der Waals surface area (Å²) in [6.07, 6.45) is 0. The van der Waals surface area contributed by atoms with Gasteiger partial charge >= 0.3 is 12.2 Å². The van der Waals surface area contributed by atoms with Crippen LogP contribution in [0, 0.1) is 27.3 Å². The highest BCUT2D eigenvalue weighted by Crippen LogP contribution is 2.39. The highest BCUT2D eigenvalue weighted by molar-refractivity contribution is 6.30. The molecule has 0 saturated heterocycles. The number of nitro benzene ring substituents is 1. The molecule has 2 rings (SSSR count). The molecule has 13 heteroatoms. The van der Waals surface area contributed by atoms with Crippen LogP contribution >= 0.6 is 11.6 Å². The highest BCUT2D eigenvalue weighted by Gasteiger charge is 2.31. The van der Waals surface area contributed by atoms with Gasteiger partial charge in [-0.3, -0.25) is 19.8 Å². The van der Waals surface area contributed by atoms with E-state index in [0.717, 1.165) is 31.4 Å². The number of carbonyl (C=O) groups excluding carboxylic acids is 1. The number of ether oxygens (including phenoxy) is 1. The van der Waals surface area contributed by atoms with E-state index in [-0.39, 0.29) is 15.5 Å². The molecular weight excluding hydrogens is 459 g/mol. The number of hydrogen-bond donors (Lipinski definition) is 2.